The summed E-state index contributed by atoms with van der Waals surface area (Å²) in [5.41, 5.74) is 5.70. The van der Waals surface area contributed by atoms with E-state index < -0.39 is 0 Å². The van der Waals surface area contributed by atoms with Crippen molar-refractivity contribution in [3.63, 3.8) is 0 Å². The van der Waals surface area contributed by atoms with Crippen LogP contribution < -0.4 is 15.4 Å². The summed E-state index contributed by atoms with van der Waals surface area (Å²) < 4.78 is 5.13. The van der Waals surface area contributed by atoms with E-state index >= 15 is 0 Å². The molecule has 0 aromatic carbocycles. The normalized spacial score (nSPS) is 16.9. The minimum Gasteiger partial charge on any atom is -0.481 e. The highest BCUT2D eigenvalue weighted by Gasteiger charge is 2.19. The third-order valence-corrected chi connectivity index (χ3v) is 3.24. The Morgan fingerprint density at radius 2 is 1.95 bits per heavy atom. The van der Waals surface area contributed by atoms with E-state index in [4.69, 9.17) is 10.5 Å². The van der Waals surface area contributed by atoms with Crippen LogP contribution in [0.25, 0.3) is 0 Å². The Morgan fingerprint density at radius 3 is 2.53 bits per heavy atom. The number of aromatic nitrogens is 2. The first-order chi connectivity index (χ1) is 9.08. The molecule has 0 spiro atoms. The van der Waals surface area contributed by atoms with Crippen molar-refractivity contribution in [3.8, 4) is 5.88 Å². The second-order valence-corrected chi connectivity index (χ2v) is 5.31. The fourth-order valence-corrected chi connectivity index (χ4v) is 2.37. The zero-order chi connectivity index (χ0) is 13.8. The van der Waals surface area contributed by atoms with Crippen LogP contribution >= 0.6 is 0 Å². The van der Waals surface area contributed by atoms with E-state index in [-0.39, 0.29) is 5.95 Å². The smallest absolute Gasteiger partial charge is 0.225 e. The van der Waals surface area contributed by atoms with Gasteiger partial charge in [-0.15, -0.1) is 0 Å². The molecule has 1 fully saturated rings. The summed E-state index contributed by atoms with van der Waals surface area (Å²) in [6, 6.07) is 1.84. The predicted octanol–water partition coefficient (Wildman–Crippen LogP) is 0.845. The first-order valence-corrected chi connectivity index (χ1v) is 6.74. The Hall–Kier alpha value is -1.56. The largest absolute Gasteiger partial charge is 0.481 e. The number of nitrogens with two attached hydrogens (primary N) is 1. The maximum atomic E-state index is 5.70. The third-order valence-electron chi connectivity index (χ3n) is 3.24. The minimum atomic E-state index is 0.263. The number of nitrogen functional groups attached to an aromatic ring is 1. The molecule has 0 aliphatic carbocycles. The van der Waals surface area contributed by atoms with Gasteiger partial charge in [0.25, 0.3) is 0 Å². The van der Waals surface area contributed by atoms with Crippen LogP contribution in [0.15, 0.2) is 6.07 Å². The summed E-state index contributed by atoms with van der Waals surface area (Å²) in [4.78, 5) is 13.0. The number of ether oxygens (including phenoxy) is 1. The molecule has 106 valence electrons. The molecule has 2 rings (SSSR count). The Labute approximate surface area is 114 Å². The zero-order valence-electron chi connectivity index (χ0n) is 12.0. The average Bonchev–Trinajstić information content (AvgIpc) is 2.38. The number of piperazine rings is 1. The molecule has 0 atom stereocenters. The lowest BCUT2D eigenvalue weighted by molar-refractivity contribution is 0.231. The van der Waals surface area contributed by atoms with Gasteiger partial charge in [0.1, 0.15) is 5.82 Å². The van der Waals surface area contributed by atoms with E-state index in [0.29, 0.717) is 11.8 Å². The van der Waals surface area contributed by atoms with E-state index in [1.807, 2.05) is 6.07 Å². The fraction of sp³-hybridized carbons (Fsp3) is 0.692. The fourth-order valence-electron chi connectivity index (χ4n) is 2.37. The van der Waals surface area contributed by atoms with Gasteiger partial charge in [0.15, 0.2) is 0 Å². The van der Waals surface area contributed by atoms with Crippen molar-refractivity contribution < 1.29 is 4.74 Å². The van der Waals surface area contributed by atoms with Crippen molar-refractivity contribution in [2.75, 3.05) is 50.5 Å². The molecule has 0 unspecified atom stereocenters. The maximum absolute atomic E-state index is 5.70. The first-order valence-electron chi connectivity index (χ1n) is 6.74. The summed E-state index contributed by atoms with van der Waals surface area (Å²) in [5, 5.41) is 0. The highest BCUT2D eigenvalue weighted by Crippen LogP contribution is 2.19. The molecule has 6 heteroatoms. The number of nitrogens with zero attached hydrogens (tertiary/aromatic N) is 4. The molecule has 2 N–H and O–H groups in total. The van der Waals surface area contributed by atoms with Crippen molar-refractivity contribution in [1.29, 1.82) is 0 Å². The van der Waals surface area contributed by atoms with Crippen molar-refractivity contribution in [3.05, 3.63) is 6.07 Å². The van der Waals surface area contributed by atoms with Gasteiger partial charge in [-0.1, -0.05) is 13.8 Å². The SMILES string of the molecule is COc1cc(N2CCN(CC(C)C)CC2)nc(N)n1. The van der Waals surface area contributed by atoms with Crippen LogP contribution in [0.3, 0.4) is 0 Å². The van der Waals surface area contributed by atoms with Crippen molar-refractivity contribution in [1.82, 2.24) is 14.9 Å². The van der Waals surface area contributed by atoms with Gasteiger partial charge in [-0.2, -0.15) is 9.97 Å². The van der Waals surface area contributed by atoms with Gasteiger partial charge in [-0.05, 0) is 5.92 Å². The van der Waals surface area contributed by atoms with Gasteiger partial charge in [-0.25, -0.2) is 0 Å². The quantitative estimate of drug-likeness (QED) is 0.870. The molecule has 1 aromatic rings. The second kappa shape index (κ2) is 6.06. The average molecular weight is 265 g/mol. The molecule has 1 aliphatic heterocycles. The Bertz CT molecular complexity index is 415. The van der Waals surface area contributed by atoms with Crippen LogP contribution in [-0.2, 0) is 0 Å². The van der Waals surface area contributed by atoms with Crippen LogP contribution in [0.5, 0.6) is 5.88 Å². The molecular formula is C13H23N5O. The minimum absolute atomic E-state index is 0.263. The first kappa shape index (κ1) is 13.9. The molecule has 0 bridgehead atoms. The molecule has 0 radical (unpaired) electrons. The summed E-state index contributed by atoms with van der Waals surface area (Å²) >= 11 is 0. The molecule has 0 saturated carbocycles. The monoisotopic (exact) mass is 265 g/mol. The van der Waals surface area contributed by atoms with E-state index in [1.165, 1.54) is 0 Å². The van der Waals surface area contributed by atoms with Crippen LogP contribution in [0.2, 0.25) is 0 Å². The molecule has 1 aromatic heterocycles. The number of anilines is 2. The Morgan fingerprint density at radius 1 is 1.26 bits per heavy atom. The van der Waals surface area contributed by atoms with E-state index in [9.17, 15) is 0 Å². The molecule has 1 aliphatic rings. The van der Waals surface area contributed by atoms with Crippen molar-refractivity contribution >= 4 is 11.8 Å². The molecule has 6 nitrogen and oxygen atoms in total. The van der Waals surface area contributed by atoms with E-state index in [2.05, 4.69) is 33.6 Å². The summed E-state index contributed by atoms with van der Waals surface area (Å²) in [6.45, 7) is 9.71. The standard InChI is InChI=1S/C13H23N5O/c1-10(2)9-17-4-6-18(7-5-17)11-8-12(19-3)16-13(14)15-11/h8,10H,4-7,9H2,1-3H3,(H2,14,15,16). The molecule has 2 heterocycles. The van der Waals surface area contributed by atoms with Crippen molar-refractivity contribution in [2.45, 2.75) is 13.8 Å². The second-order valence-electron chi connectivity index (χ2n) is 5.31. The van der Waals surface area contributed by atoms with E-state index in [0.717, 1.165) is 38.5 Å². The molecule has 19 heavy (non-hydrogen) atoms. The van der Waals surface area contributed by atoms with Gasteiger partial charge in [0, 0.05) is 38.8 Å². The lowest BCUT2D eigenvalue weighted by atomic mass is 10.2. The topological polar surface area (TPSA) is 67.5 Å². The zero-order valence-corrected chi connectivity index (χ0v) is 12.0. The van der Waals surface area contributed by atoms with Crippen molar-refractivity contribution in [2.24, 2.45) is 5.92 Å². The maximum Gasteiger partial charge on any atom is 0.225 e. The van der Waals surface area contributed by atoms with Crippen LogP contribution in [0, 0.1) is 5.92 Å². The summed E-state index contributed by atoms with van der Waals surface area (Å²) in [7, 11) is 1.59. The van der Waals surface area contributed by atoms with Gasteiger partial charge in [-0.3, -0.25) is 4.90 Å². The van der Waals surface area contributed by atoms with Crippen LogP contribution in [0.4, 0.5) is 11.8 Å². The number of rotatable bonds is 4. The Balaban J connectivity index is 1.99. The molecular weight excluding hydrogens is 242 g/mol. The third kappa shape index (κ3) is 3.70. The summed E-state index contributed by atoms with van der Waals surface area (Å²) in [6.07, 6.45) is 0. The van der Waals surface area contributed by atoms with Crippen LogP contribution in [-0.4, -0.2) is 54.7 Å². The summed E-state index contributed by atoms with van der Waals surface area (Å²) in [5.74, 6) is 2.35. The van der Waals surface area contributed by atoms with Gasteiger partial charge >= 0.3 is 0 Å². The lowest BCUT2D eigenvalue weighted by Gasteiger charge is -2.36. The van der Waals surface area contributed by atoms with Crippen LogP contribution in [0.1, 0.15) is 13.8 Å². The molecule has 0 amide bonds. The van der Waals surface area contributed by atoms with Gasteiger partial charge in [0.2, 0.25) is 11.8 Å². The Kier molecular flexibility index (Phi) is 4.42. The number of hydrogen-bond donors (Lipinski definition) is 1. The molecule has 1 saturated heterocycles. The van der Waals surface area contributed by atoms with Gasteiger partial charge in [0.05, 0.1) is 7.11 Å². The van der Waals surface area contributed by atoms with Gasteiger partial charge < -0.3 is 15.4 Å². The predicted molar refractivity (Wildman–Crippen MR) is 76.5 cm³/mol. The highest BCUT2D eigenvalue weighted by atomic mass is 16.5. The highest BCUT2D eigenvalue weighted by molar-refractivity contribution is 5.45. The van der Waals surface area contributed by atoms with E-state index in [1.54, 1.807) is 7.11 Å². The lowest BCUT2D eigenvalue weighted by Crippen LogP contribution is -2.47. The number of methoxy groups -OCH3 is 1. The number of hydrogen-bond acceptors (Lipinski definition) is 6.